The lowest BCUT2D eigenvalue weighted by Gasteiger charge is -2.28. The topological polar surface area (TPSA) is 57.4 Å². The predicted octanol–water partition coefficient (Wildman–Crippen LogP) is 2.71. The number of rotatable bonds is 5. The second-order valence-electron chi connectivity index (χ2n) is 6.57. The van der Waals surface area contributed by atoms with E-state index in [-0.39, 0.29) is 11.7 Å². The third-order valence-corrected chi connectivity index (χ3v) is 4.91. The number of aromatic amines is 1. The number of pyridine rings is 1. The molecule has 6 heteroatoms. The number of nitrogens with zero attached hydrogens (tertiary/aromatic N) is 1. The summed E-state index contributed by atoms with van der Waals surface area (Å²) in [6.45, 7) is 6.78. The molecule has 1 fully saturated rings. The van der Waals surface area contributed by atoms with E-state index in [2.05, 4.69) is 16.4 Å². The van der Waals surface area contributed by atoms with Crippen molar-refractivity contribution in [2.75, 3.05) is 19.7 Å². The van der Waals surface area contributed by atoms with Gasteiger partial charge in [-0.05, 0) is 62.0 Å². The molecule has 25 heavy (non-hydrogen) atoms. The van der Waals surface area contributed by atoms with E-state index in [0.29, 0.717) is 18.2 Å². The van der Waals surface area contributed by atoms with Crippen molar-refractivity contribution in [3.05, 3.63) is 45.7 Å². The lowest BCUT2D eigenvalue weighted by Crippen LogP contribution is -2.43. The molecule has 2 N–H and O–H groups in total. The van der Waals surface area contributed by atoms with Gasteiger partial charge in [0, 0.05) is 30.8 Å². The molecular formula is C19H25N3O2S. The Labute approximate surface area is 153 Å². The highest BCUT2D eigenvalue weighted by atomic mass is 32.1. The highest BCUT2D eigenvalue weighted by Crippen LogP contribution is 2.17. The molecule has 1 atom stereocenters. The maximum atomic E-state index is 12.5. The van der Waals surface area contributed by atoms with Crippen LogP contribution in [-0.2, 0) is 11.3 Å². The molecule has 134 valence electrons. The van der Waals surface area contributed by atoms with Crippen LogP contribution in [0.4, 0.5) is 0 Å². The van der Waals surface area contributed by atoms with Gasteiger partial charge in [-0.3, -0.25) is 4.79 Å². The minimum absolute atomic E-state index is 0.0604. The summed E-state index contributed by atoms with van der Waals surface area (Å²) in [5.74, 6) is 0. The molecule has 2 heterocycles. The first-order chi connectivity index (χ1) is 12.1. The van der Waals surface area contributed by atoms with Crippen LogP contribution in [0.3, 0.4) is 0 Å². The quantitative estimate of drug-likeness (QED) is 0.804. The van der Waals surface area contributed by atoms with Crippen LogP contribution in [-0.4, -0.2) is 40.8 Å². The molecule has 1 saturated heterocycles. The molecule has 1 aromatic heterocycles. The monoisotopic (exact) mass is 359 g/mol. The summed E-state index contributed by atoms with van der Waals surface area (Å²) in [4.78, 5) is 17.6. The van der Waals surface area contributed by atoms with Crippen molar-refractivity contribution in [2.45, 2.75) is 39.3 Å². The van der Waals surface area contributed by atoms with Gasteiger partial charge >= 0.3 is 0 Å². The summed E-state index contributed by atoms with van der Waals surface area (Å²) in [6, 6.07) is 8.05. The fourth-order valence-electron chi connectivity index (χ4n) is 3.20. The average molecular weight is 359 g/mol. The van der Waals surface area contributed by atoms with Gasteiger partial charge in [-0.2, -0.15) is 0 Å². The van der Waals surface area contributed by atoms with Crippen LogP contribution in [0.2, 0.25) is 0 Å². The van der Waals surface area contributed by atoms with E-state index in [1.165, 1.54) is 0 Å². The Morgan fingerprint density at radius 1 is 1.44 bits per heavy atom. The van der Waals surface area contributed by atoms with Gasteiger partial charge < -0.3 is 19.9 Å². The molecule has 0 saturated carbocycles. The van der Waals surface area contributed by atoms with Gasteiger partial charge in [-0.25, -0.2) is 0 Å². The number of hydrogen-bond donors (Lipinski definition) is 2. The first kappa shape index (κ1) is 17.9. The Hall–Kier alpha value is -1.92. The fourth-order valence-corrected chi connectivity index (χ4v) is 3.48. The van der Waals surface area contributed by atoms with Crippen molar-refractivity contribution >= 4 is 28.2 Å². The zero-order valence-corrected chi connectivity index (χ0v) is 15.6. The first-order valence-electron chi connectivity index (χ1n) is 8.83. The van der Waals surface area contributed by atoms with Crippen molar-refractivity contribution < 1.29 is 4.74 Å². The molecule has 5 nitrogen and oxygen atoms in total. The third kappa shape index (κ3) is 4.38. The number of ether oxygens (including phenoxy) is 1. The minimum Gasteiger partial charge on any atom is -0.376 e. The maximum absolute atomic E-state index is 12.5. The van der Waals surface area contributed by atoms with Crippen molar-refractivity contribution in [1.29, 1.82) is 0 Å². The van der Waals surface area contributed by atoms with E-state index >= 15 is 0 Å². The molecule has 0 amide bonds. The Bertz CT molecular complexity index is 812. The smallest absolute Gasteiger partial charge is 0.253 e. The summed E-state index contributed by atoms with van der Waals surface area (Å²) in [6.07, 6.45) is 2.31. The van der Waals surface area contributed by atoms with Gasteiger partial charge in [-0.1, -0.05) is 12.1 Å². The van der Waals surface area contributed by atoms with Crippen molar-refractivity contribution in [3.8, 4) is 0 Å². The van der Waals surface area contributed by atoms with E-state index in [4.69, 9.17) is 17.0 Å². The SMILES string of the molecule is CCNC(=S)N(Cc1cc2ccc(C)cc2[nH]c1=O)C[C@H]1CCCO1. The van der Waals surface area contributed by atoms with Gasteiger partial charge in [0.1, 0.15) is 0 Å². The van der Waals surface area contributed by atoms with Gasteiger partial charge in [-0.15, -0.1) is 0 Å². The molecule has 1 aliphatic rings. The molecular weight excluding hydrogens is 334 g/mol. The van der Waals surface area contributed by atoms with Crippen molar-refractivity contribution in [3.63, 3.8) is 0 Å². The number of thiocarbonyl (C=S) groups is 1. The second-order valence-corrected chi connectivity index (χ2v) is 6.95. The predicted molar refractivity (Wildman–Crippen MR) is 105 cm³/mol. The summed E-state index contributed by atoms with van der Waals surface area (Å²) < 4.78 is 5.75. The lowest BCUT2D eigenvalue weighted by molar-refractivity contribution is 0.0897. The Balaban J connectivity index is 1.85. The largest absolute Gasteiger partial charge is 0.376 e. The van der Waals surface area contributed by atoms with Crippen LogP contribution in [0, 0.1) is 6.92 Å². The number of aromatic nitrogens is 1. The summed E-state index contributed by atoms with van der Waals surface area (Å²) in [7, 11) is 0. The molecule has 0 radical (unpaired) electrons. The van der Waals surface area contributed by atoms with E-state index in [1.54, 1.807) is 0 Å². The van der Waals surface area contributed by atoms with E-state index in [0.717, 1.165) is 48.0 Å². The molecule has 2 aromatic rings. The van der Waals surface area contributed by atoms with Crippen LogP contribution < -0.4 is 10.9 Å². The van der Waals surface area contributed by atoms with Crippen LogP contribution >= 0.6 is 12.2 Å². The molecule has 0 spiro atoms. The molecule has 1 aliphatic heterocycles. The number of nitrogens with one attached hydrogen (secondary N) is 2. The number of H-pyrrole nitrogens is 1. The summed E-state index contributed by atoms with van der Waals surface area (Å²) in [5, 5.41) is 4.90. The zero-order chi connectivity index (χ0) is 17.8. The maximum Gasteiger partial charge on any atom is 0.253 e. The number of benzene rings is 1. The second kappa shape index (κ2) is 7.97. The summed E-state index contributed by atoms with van der Waals surface area (Å²) >= 11 is 5.51. The van der Waals surface area contributed by atoms with E-state index in [9.17, 15) is 4.79 Å². The Kier molecular flexibility index (Phi) is 5.71. The van der Waals surface area contributed by atoms with Gasteiger partial charge in [0.25, 0.3) is 5.56 Å². The Morgan fingerprint density at radius 3 is 3.00 bits per heavy atom. The number of aryl methyl sites for hydroxylation is 1. The van der Waals surface area contributed by atoms with Crippen LogP contribution in [0.25, 0.3) is 10.9 Å². The normalized spacial score (nSPS) is 17.0. The third-order valence-electron chi connectivity index (χ3n) is 4.50. The van der Waals surface area contributed by atoms with Gasteiger partial charge in [0.05, 0.1) is 12.6 Å². The standard InChI is InChI=1S/C19H25N3O2S/c1-3-20-19(25)22(12-16-5-4-8-24-16)11-15-10-14-7-6-13(2)9-17(14)21-18(15)23/h6-7,9-10,16H,3-5,8,11-12H2,1-2H3,(H,20,25)(H,21,23)/t16-/m1/s1. The molecule has 0 bridgehead atoms. The van der Waals surface area contributed by atoms with E-state index < -0.39 is 0 Å². The number of hydrogen-bond acceptors (Lipinski definition) is 3. The van der Waals surface area contributed by atoms with Crippen LogP contribution in [0.1, 0.15) is 30.9 Å². The molecule has 0 aliphatic carbocycles. The lowest BCUT2D eigenvalue weighted by atomic mass is 10.1. The Morgan fingerprint density at radius 2 is 2.28 bits per heavy atom. The average Bonchev–Trinajstić information content (AvgIpc) is 3.08. The van der Waals surface area contributed by atoms with Crippen LogP contribution in [0.5, 0.6) is 0 Å². The zero-order valence-electron chi connectivity index (χ0n) is 14.8. The van der Waals surface area contributed by atoms with Gasteiger partial charge in [0.2, 0.25) is 0 Å². The summed E-state index contributed by atoms with van der Waals surface area (Å²) in [5.41, 5.74) is 2.65. The van der Waals surface area contributed by atoms with Crippen LogP contribution in [0.15, 0.2) is 29.1 Å². The van der Waals surface area contributed by atoms with Gasteiger partial charge in [0.15, 0.2) is 5.11 Å². The fraction of sp³-hybridized carbons (Fsp3) is 0.474. The van der Waals surface area contributed by atoms with E-state index in [1.807, 2.05) is 36.9 Å². The molecule has 1 aromatic carbocycles. The highest BCUT2D eigenvalue weighted by molar-refractivity contribution is 7.80. The molecule has 0 unspecified atom stereocenters. The number of fused-ring (bicyclic) bond motifs is 1. The highest BCUT2D eigenvalue weighted by Gasteiger charge is 2.21. The minimum atomic E-state index is -0.0604. The first-order valence-corrected chi connectivity index (χ1v) is 9.24. The van der Waals surface area contributed by atoms with Crippen molar-refractivity contribution in [2.24, 2.45) is 0 Å². The molecule has 3 rings (SSSR count). The van der Waals surface area contributed by atoms with Crippen molar-refractivity contribution in [1.82, 2.24) is 15.2 Å².